The average Bonchev–Trinajstić information content (AvgIpc) is 2.78. The van der Waals surface area contributed by atoms with Gasteiger partial charge in [-0.25, -0.2) is 4.98 Å². The Balaban J connectivity index is 2.49. The fourth-order valence-electron chi connectivity index (χ4n) is 1.59. The van der Waals surface area contributed by atoms with Gasteiger partial charge in [0.2, 0.25) is 0 Å². The number of H-pyrrole nitrogens is 1. The Kier molecular flexibility index (Phi) is 4.38. The minimum absolute atomic E-state index is 0.0545. The fraction of sp³-hybridized carbons (Fsp3) is 0.250. The second-order valence-corrected chi connectivity index (χ2v) is 6.83. The van der Waals surface area contributed by atoms with E-state index in [4.69, 9.17) is 5.26 Å². The van der Waals surface area contributed by atoms with Crippen molar-refractivity contribution in [2.24, 2.45) is 5.41 Å². The number of rotatable bonds is 2. The molecule has 6 heteroatoms. The van der Waals surface area contributed by atoms with Crippen LogP contribution in [0, 0.1) is 16.7 Å². The lowest BCUT2D eigenvalue weighted by atomic mass is 9.91. The van der Waals surface area contributed by atoms with E-state index in [1.807, 2.05) is 26.8 Å². The average molecular weight is 313 g/mol. The molecule has 0 aliphatic carbocycles. The smallest absolute Gasteiger partial charge is 0.266 e. The first-order valence-corrected chi connectivity index (χ1v) is 7.45. The lowest BCUT2D eigenvalue weighted by Gasteiger charge is -2.12. The van der Waals surface area contributed by atoms with Gasteiger partial charge in [0.1, 0.15) is 11.8 Å². The molecule has 0 fully saturated rings. The maximum Gasteiger partial charge on any atom is 0.266 e. The third-order valence-electron chi connectivity index (χ3n) is 2.85. The Labute approximate surface area is 131 Å². The van der Waals surface area contributed by atoms with E-state index >= 15 is 0 Å². The van der Waals surface area contributed by atoms with E-state index in [1.165, 1.54) is 17.4 Å². The molecule has 0 bridgehead atoms. The summed E-state index contributed by atoms with van der Waals surface area (Å²) in [5.74, 6) is -0.0545. The zero-order valence-electron chi connectivity index (χ0n) is 12.5. The van der Waals surface area contributed by atoms with Crippen molar-refractivity contribution < 1.29 is 4.79 Å². The standard InChI is InChI=1S/C16H15N3O2S/c1-16(2,3)13(20)8-14-19-15(21)12(22-14)7-10-5-4-6-11(9-17)18-10/h4-8H,1-3H3,(H,19,21). The third-order valence-corrected chi connectivity index (χ3v) is 3.81. The van der Waals surface area contributed by atoms with E-state index in [1.54, 1.807) is 24.3 Å². The van der Waals surface area contributed by atoms with Crippen molar-refractivity contribution in [1.29, 1.82) is 5.26 Å². The Hall–Kier alpha value is -2.52. The minimum Gasteiger partial charge on any atom is -0.313 e. The van der Waals surface area contributed by atoms with E-state index in [0.717, 1.165) is 0 Å². The second kappa shape index (κ2) is 6.08. The Morgan fingerprint density at radius 2 is 2.14 bits per heavy atom. The van der Waals surface area contributed by atoms with Crippen LogP contribution in [0.4, 0.5) is 0 Å². The molecule has 2 heterocycles. The van der Waals surface area contributed by atoms with Gasteiger partial charge in [0.15, 0.2) is 5.78 Å². The molecule has 0 spiro atoms. The number of nitrogens with zero attached hydrogens (tertiary/aromatic N) is 2. The van der Waals surface area contributed by atoms with Gasteiger partial charge in [0, 0.05) is 11.5 Å². The van der Waals surface area contributed by atoms with Crippen LogP contribution < -0.4 is 14.8 Å². The van der Waals surface area contributed by atoms with Crippen molar-refractivity contribution in [3.8, 4) is 6.07 Å². The SMILES string of the molecule is CC(C)(C)C(=O)C=c1[nH]c(=O)c(=Cc2cccc(C#N)n2)s1. The van der Waals surface area contributed by atoms with Crippen LogP contribution in [0.3, 0.4) is 0 Å². The van der Waals surface area contributed by atoms with Gasteiger partial charge >= 0.3 is 0 Å². The normalized spacial score (nSPS) is 13.2. The van der Waals surface area contributed by atoms with Gasteiger partial charge in [0.05, 0.1) is 14.9 Å². The molecule has 0 atom stereocenters. The van der Waals surface area contributed by atoms with Crippen molar-refractivity contribution >= 4 is 29.3 Å². The van der Waals surface area contributed by atoms with Crippen molar-refractivity contribution in [3.05, 3.63) is 49.1 Å². The second-order valence-electron chi connectivity index (χ2n) is 5.75. The molecular weight excluding hydrogens is 298 g/mol. The van der Waals surface area contributed by atoms with Gasteiger partial charge in [0.25, 0.3) is 5.56 Å². The number of pyridine rings is 1. The predicted molar refractivity (Wildman–Crippen MR) is 85.6 cm³/mol. The lowest BCUT2D eigenvalue weighted by Crippen LogP contribution is -2.22. The number of nitriles is 1. The highest BCUT2D eigenvalue weighted by atomic mass is 32.1. The number of aromatic amines is 1. The molecule has 2 aromatic rings. The Morgan fingerprint density at radius 1 is 1.41 bits per heavy atom. The van der Waals surface area contributed by atoms with Crippen molar-refractivity contribution in [2.75, 3.05) is 0 Å². The largest absolute Gasteiger partial charge is 0.313 e. The number of aromatic nitrogens is 2. The Bertz CT molecular complexity index is 924. The summed E-state index contributed by atoms with van der Waals surface area (Å²) < 4.78 is 0.947. The summed E-state index contributed by atoms with van der Waals surface area (Å²) in [6.07, 6.45) is 3.05. The summed E-state index contributed by atoms with van der Waals surface area (Å²) in [5.41, 5.74) is 0.0478. The third kappa shape index (κ3) is 3.77. The summed E-state index contributed by atoms with van der Waals surface area (Å²) in [6.45, 7) is 5.46. The molecule has 0 unspecified atom stereocenters. The Morgan fingerprint density at radius 3 is 2.77 bits per heavy atom. The number of carbonyl (C=O) groups is 1. The zero-order chi connectivity index (χ0) is 16.3. The monoisotopic (exact) mass is 313 g/mol. The maximum atomic E-state index is 12.0. The van der Waals surface area contributed by atoms with Crippen LogP contribution in [0.1, 0.15) is 32.2 Å². The zero-order valence-corrected chi connectivity index (χ0v) is 13.3. The molecule has 0 aliphatic heterocycles. The van der Waals surface area contributed by atoms with Gasteiger partial charge in [-0.2, -0.15) is 5.26 Å². The van der Waals surface area contributed by atoms with Gasteiger partial charge in [-0.3, -0.25) is 9.59 Å². The van der Waals surface area contributed by atoms with E-state index in [-0.39, 0.29) is 17.0 Å². The van der Waals surface area contributed by atoms with Crippen LogP contribution in [0.25, 0.3) is 12.2 Å². The van der Waals surface area contributed by atoms with Crippen molar-refractivity contribution in [2.45, 2.75) is 20.8 Å². The van der Waals surface area contributed by atoms with Crippen LogP contribution >= 0.6 is 11.3 Å². The highest BCUT2D eigenvalue weighted by molar-refractivity contribution is 7.07. The van der Waals surface area contributed by atoms with E-state index in [2.05, 4.69) is 9.97 Å². The van der Waals surface area contributed by atoms with Crippen LogP contribution in [-0.4, -0.2) is 15.8 Å². The van der Waals surface area contributed by atoms with Crippen molar-refractivity contribution in [1.82, 2.24) is 9.97 Å². The summed E-state index contributed by atoms with van der Waals surface area (Å²) in [7, 11) is 0. The maximum absolute atomic E-state index is 12.0. The summed E-state index contributed by atoms with van der Waals surface area (Å²) in [6, 6.07) is 6.96. The first-order chi connectivity index (χ1) is 10.3. The van der Waals surface area contributed by atoms with Crippen LogP contribution in [0.15, 0.2) is 23.0 Å². The number of hydrogen-bond donors (Lipinski definition) is 1. The molecule has 0 aromatic carbocycles. The number of hydrogen-bond acceptors (Lipinski definition) is 5. The molecule has 0 aliphatic rings. The molecule has 0 saturated heterocycles. The molecule has 2 rings (SSSR count). The summed E-state index contributed by atoms with van der Waals surface area (Å²) in [5, 5.41) is 8.83. The molecule has 0 amide bonds. The molecular formula is C16H15N3O2S. The number of carbonyl (C=O) groups excluding carboxylic acids is 1. The van der Waals surface area contributed by atoms with Crippen LogP contribution in [0.2, 0.25) is 0 Å². The number of Topliss-reactive ketones (excluding diaryl/α,β-unsaturated/α-hetero) is 1. The van der Waals surface area contributed by atoms with Crippen LogP contribution in [-0.2, 0) is 4.79 Å². The minimum atomic E-state index is -0.493. The highest BCUT2D eigenvalue weighted by Gasteiger charge is 2.18. The fourth-order valence-corrected chi connectivity index (χ4v) is 2.46. The number of thiazole rings is 1. The molecule has 22 heavy (non-hydrogen) atoms. The van der Waals surface area contributed by atoms with E-state index < -0.39 is 5.41 Å². The van der Waals surface area contributed by atoms with E-state index in [9.17, 15) is 9.59 Å². The molecule has 0 radical (unpaired) electrons. The van der Waals surface area contributed by atoms with Crippen LogP contribution in [0.5, 0.6) is 0 Å². The molecule has 1 N–H and O–H groups in total. The number of nitrogens with one attached hydrogen (secondary N) is 1. The van der Waals surface area contributed by atoms with Crippen molar-refractivity contribution in [3.63, 3.8) is 0 Å². The van der Waals surface area contributed by atoms with Gasteiger partial charge in [-0.05, 0) is 18.2 Å². The van der Waals surface area contributed by atoms with Gasteiger partial charge in [-0.1, -0.05) is 26.8 Å². The topological polar surface area (TPSA) is 86.6 Å². The summed E-state index contributed by atoms with van der Waals surface area (Å²) >= 11 is 1.19. The number of ketones is 1. The molecule has 0 saturated carbocycles. The summed E-state index contributed by atoms with van der Waals surface area (Å²) in [4.78, 5) is 30.7. The molecule has 112 valence electrons. The predicted octanol–water partition coefficient (Wildman–Crippen LogP) is 0.928. The first kappa shape index (κ1) is 15.9. The lowest BCUT2D eigenvalue weighted by molar-refractivity contribution is -0.119. The van der Waals surface area contributed by atoms with Gasteiger partial charge < -0.3 is 4.98 Å². The van der Waals surface area contributed by atoms with Gasteiger partial charge in [-0.15, -0.1) is 11.3 Å². The molecule has 2 aromatic heterocycles. The highest BCUT2D eigenvalue weighted by Crippen LogP contribution is 2.14. The first-order valence-electron chi connectivity index (χ1n) is 6.64. The quantitative estimate of drug-likeness (QED) is 0.893. The molecule has 5 nitrogen and oxygen atoms in total. The van der Waals surface area contributed by atoms with E-state index in [0.29, 0.717) is 14.9 Å².